The Bertz CT molecular complexity index is 686. The highest BCUT2D eigenvalue weighted by molar-refractivity contribution is 5.69. The number of ether oxygens (including phenoxy) is 2. The molecule has 0 aliphatic carbocycles. The van der Waals surface area contributed by atoms with E-state index in [4.69, 9.17) is 9.47 Å². The Hall–Kier alpha value is -1.14. The Labute approximate surface area is 312 Å². The Balaban J connectivity index is 3.96. The number of unbranched alkanes of at least 4 members (excludes halogenated alkanes) is 24. The summed E-state index contributed by atoms with van der Waals surface area (Å²) in [6.07, 6.45) is 38.4. The molecule has 0 spiro atoms. The average molecular weight is 710 g/mol. The number of aliphatic hydroxyl groups excluding tert-OH is 1. The molecule has 50 heavy (non-hydrogen) atoms. The fourth-order valence-electron chi connectivity index (χ4n) is 6.88. The Morgan fingerprint density at radius 2 is 0.840 bits per heavy atom. The van der Waals surface area contributed by atoms with Gasteiger partial charge in [0.1, 0.15) is 6.10 Å². The smallest absolute Gasteiger partial charge is 0.306 e. The summed E-state index contributed by atoms with van der Waals surface area (Å²) in [5.74, 6) is -0.0400. The van der Waals surface area contributed by atoms with Crippen LogP contribution in [0.4, 0.5) is 0 Å². The first kappa shape index (κ1) is 48.9. The minimum atomic E-state index is -0.0408. The normalized spacial score (nSPS) is 11.6. The van der Waals surface area contributed by atoms with Gasteiger partial charge in [-0.05, 0) is 70.9 Å². The maximum absolute atomic E-state index is 12.7. The summed E-state index contributed by atoms with van der Waals surface area (Å²) >= 11 is 0. The van der Waals surface area contributed by atoms with Crippen molar-refractivity contribution in [3.8, 4) is 0 Å². The van der Waals surface area contributed by atoms with Crippen molar-refractivity contribution in [3.05, 3.63) is 0 Å². The number of hydrogen-bond acceptors (Lipinski definition) is 6. The molecule has 298 valence electrons. The second-order valence-electron chi connectivity index (χ2n) is 15.2. The molecule has 0 rings (SSSR count). The zero-order valence-corrected chi connectivity index (χ0v) is 34.0. The van der Waals surface area contributed by atoms with Gasteiger partial charge in [-0.1, -0.05) is 162 Å². The van der Waals surface area contributed by atoms with E-state index in [1.807, 2.05) is 0 Å². The highest BCUT2D eigenvalue weighted by Gasteiger charge is 2.14. The number of carbonyl (C=O) groups excluding carboxylic acids is 2. The number of nitrogens with zero attached hydrogens (tertiary/aromatic N) is 1. The highest BCUT2D eigenvalue weighted by Crippen LogP contribution is 2.18. The van der Waals surface area contributed by atoms with Crippen molar-refractivity contribution < 1.29 is 24.2 Å². The molecule has 6 nitrogen and oxygen atoms in total. The molecule has 0 heterocycles. The van der Waals surface area contributed by atoms with Gasteiger partial charge in [0, 0.05) is 19.4 Å². The predicted octanol–water partition coefficient (Wildman–Crippen LogP) is 12.7. The number of carbonyl (C=O) groups is 2. The summed E-state index contributed by atoms with van der Waals surface area (Å²) in [6, 6.07) is 0. The molecule has 1 N–H and O–H groups in total. The fourth-order valence-corrected chi connectivity index (χ4v) is 6.88. The Morgan fingerprint density at radius 1 is 0.460 bits per heavy atom. The summed E-state index contributed by atoms with van der Waals surface area (Å²) in [7, 11) is 0. The molecule has 6 heteroatoms. The van der Waals surface area contributed by atoms with Crippen LogP contribution in [0.2, 0.25) is 0 Å². The third-order valence-electron chi connectivity index (χ3n) is 10.2. The van der Waals surface area contributed by atoms with Gasteiger partial charge >= 0.3 is 11.9 Å². The molecule has 0 saturated heterocycles. The van der Waals surface area contributed by atoms with Gasteiger partial charge in [0.15, 0.2) is 0 Å². The van der Waals surface area contributed by atoms with Crippen molar-refractivity contribution in [2.75, 3.05) is 32.8 Å². The number of aliphatic hydroxyl groups is 1. The lowest BCUT2D eigenvalue weighted by atomic mass is 10.0. The van der Waals surface area contributed by atoms with Crippen LogP contribution in [0.15, 0.2) is 0 Å². The molecule has 0 bridgehead atoms. The third-order valence-corrected chi connectivity index (χ3v) is 10.2. The maximum Gasteiger partial charge on any atom is 0.306 e. The van der Waals surface area contributed by atoms with Gasteiger partial charge < -0.3 is 19.5 Å². The van der Waals surface area contributed by atoms with E-state index in [1.165, 1.54) is 128 Å². The van der Waals surface area contributed by atoms with Crippen molar-refractivity contribution in [1.82, 2.24) is 4.90 Å². The molecule has 0 fully saturated rings. The summed E-state index contributed by atoms with van der Waals surface area (Å²) in [4.78, 5) is 27.1. The largest absolute Gasteiger partial charge is 0.466 e. The lowest BCUT2D eigenvalue weighted by Crippen LogP contribution is -2.29. The lowest BCUT2D eigenvalue weighted by Gasteiger charge is -2.21. The van der Waals surface area contributed by atoms with E-state index in [-0.39, 0.29) is 24.6 Å². The van der Waals surface area contributed by atoms with Gasteiger partial charge in [0.25, 0.3) is 0 Å². The number of esters is 2. The van der Waals surface area contributed by atoms with E-state index in [2.05, 4.69) is 25.7 Å². The second-order valence-corrected chi connectivity index (χ2v) is 15.2. The molecule has 0 aliphatic rings. The van der Waals surface area contributed by atoms with Crippen LogP contribution in [-0.2, 0) is 19.1 Å². The summed E-state index contributed by atoms with van der Waals surface area (Å²) < 4.78 is 11.4. The van der Waals surface area contributed by atoms with Gasteiger partial charge in [-0.25, -0.2) is 0 Å². The Morgan fingerprint density at radius 3 is 1.30 bits per heavy atom. The van der Waals surface area contributed by atoms with E-state index in [9.17, 15) is 14.7 Å². The van der Waals surface area contributed by atoms with Gasteiger partial charge in [-0.2, -0.15) is 0 Å². The van der Waals surface area contributed by atoms with Crippen LogP contribution >= 0.6 is 0 Å². The third kappa shape index (κ3) is 36.6. The summed E-state index contributed by atoms with van der Waals surface area (Å²) in [5, 5.41) is 9.54. The van der Waals surface area contributed by atoms with Crippen LogP contribution < -0.4 is 0 Å². The number of hydrogen-bond donors (Lipinski definition) is 1. The van der Waals surface area contributed by atoms with Crippen molar-refractivity contribution in [3.63, 3.8) is 0 Å². The van der Waals surface area contributed by atoms with E-state index in [0.29, 0.717) is 19.4 Å². The van der Waals surface area contributed by atoms with E-state index in [1.54, 1.807) is 0 Å². The van der Waals surface area contributed by atoms with E-state index in [0.717, 1.165) is 90.3 Å². The van der Waals surface area contributed by atoms with Gasteiger partial charge in [-0.3, -0.25) is 9.59 Å². The SMILES string of the molecule is CCCCCCCCCCCOC(=O)CCCCCCN(CCO)CCCCCCC(=O)OC(CCCCCCCC)CCCCCCCC. The van der Waals surface area contributed by atoms with Gasteiger partial charge in [0.2, 0.25) is 0 Å². The van der Waals surface area contributed by atoms with Crippen LogP contribution in [0.3, 0.4) is 0 Å². The topological polar surface area (TPSA) is 76.1 Å². The van der Waals surface area contributed by atoms with Crippen molar-refractivity contribution in [2.45, 2.75) is 239 Å². The van der Waals surface area contributed by atoms with E-state index >= 15 is 0 Å². The first-order chi connectivity index (χ1) is 24.6. The summed E-state index contributed by atoms with van der Waals surface area (Å²) in [6.45, 7) is 10.2. The molecular formula is C44H87NO5. The first-order valence-corrected chi connectivity index (χ1v) is 22.3. The molecule has 0 atom stereocenters. The van der Waals surface area contributed by atoms with Crippen molar-refractivity contribution in [1.29, 1.82) is 0 Å². The molecule has 0 aliphatic heterocycles. The lowest BCUT2D eigenvalue weighted by molar-refractivity contribution is -0.150. The van der Waals surface area contributed by atoms with Gasteiger partial charge in [0.05, 0.1) is 13.2 Å². The van der Waals surface area contributed by atoms with Gasteiger partial charge in [-0.15, -0.1) is 0 Å². The molecule has 0 amide bonds. The predicted molar refractivity (Wildman–Crippen MR) is 214 cm³/mol. The first-order valence-electron chi connectivity index (χ1n) is 22.3. The quantitative estimate of drug-likeness (QED) is 0.0503. The van der Waals surface area contributed by atoms with E-state index < -0.39 is 0 Å². The molecule has 0 aromatic heterocycles. The van der Waals surface area contributed by atoms with Crippen molar-refractivity contribution >= 4 is 11.9 Å². The standard InChI is InChI=1S/C44H87NO5/c1-4-7-10-13-16-17-18-25-32-41-49-43(47)35-28-21-23-30-37-45(39-40-46)38-31-24-22-29-36-44(48)50-42(33-26-19-14-11-8-5-2)34-27-20-15-12-9-6-3/h42,46H,4-41H2,1-3H3. The Kier molecular flexibility index (Phi) is 39.7. The molecule has 0 unspecified atom stereocenters. The van der Waals surface area contributed by atoms with Crippen LogP contribution in [0.5, 0.6) is 0 Å². The monoisotopic (exact) mass is 710 g/mol. The average Bonchev–Trinajstić information content (AvgIpc) is 3.11. The summed E-state index contributed by atoms with van der Waals surface area (Å²) in [5.41, 5.74) is 0. The zero-order chi connectivity index (χ0) is 36.6. The number of rotatable bonds is 41. The van der Waals surface area contributed by atoms with Crippen LogP contribution in [0.1, 0.15) is 233 Å². The molecule has 0 radical (unpaired) electrons. The fraction of sp³-hybridized carbons (Fsp3) is 0.955. The van der Waals surface area contributed by atoms with Crippen molar-refractivity contribution in [2.24, 2.45) is 0 Å². The molecule has 0 aromatic rings. The minimum absolute atomic E-state index is 0.000869. The second kappa shape index (κ2) is 40.6. The minimum Gasteiger partial charge on any atom is -0.466 e. The zero-order valence-electron chi connectivity index (χ0n) is 34.0. The maximum atomic E-state index is 12.7. The van der Waals surface area contributed by atoms with Crippen LogP contribution in [0, 0.1) is 0 Å². The molecule has 0 aromatic carbocycles. The van der Waals surface area contributed by atoms with Crippen LogP contribution in [-0.4, -0.2) is 60.9 Å². The van der Waals surface area contributed by atoms with Crippen LogP contribution in [0.25, 0.3) is 0 Å². The highest BCUT2D eigenvalue weighted by atomic mass is 16.5. The molecule has 0 saturated carbocycles. The molecular weight excluding hydrogens is 622 g/mol.